The van der Waals surface area contributed by atoms with Gasteiger partial charge in [-0.2, -0.15) is 4.98 Å². The molecule has 120 valence electrons. The van der Waals surface area contributed by atoms with Gasteiger partial charge in [0.15, 0.2) is 0 Å². The molecule has 0 amide bonds. The van der Waals surface area contributed by atoms with Gasteiger partial charge in [-0.3, -0.25) is 9.05 Å². The highest BCUT2D eigenvalue weighted by Gasteiger charge is 2.29. The summed E-state index contributed by atoms with van der Waals surface area (Å²) < 4.78 is 17.2. The summed E-state index contributed by atoms with van der Waals surface area (Å²) in [4.78, 5) is 8.79. The van der Waals surface area contributed by atoms with E-state index in [1.165, 1.54) is 0 Å². The van der Waals surface area contributed by atoms with Gasteiger partial charge < -0.3 is 4.52 Å². The van der Waals surface area contributed by atoms with Crippen molar-refractivity contribution in [1.82, 2.24) is 9.97 Å². The minimum absolute atomic E-state index is 0.209. The molecule has 5 nitrogen and oxygen atoms in total. The van der Waals surface area contributed by atoms with Crippen molar-refractivity contribution in [3.8, 4) is 5.88 Å². The Morgan fingerprint density at radius 1 is 1.29 bits per heavy atom. The van der Waals surface area contributed by atoms with Crippen molar-refractivity contribution < 1.29 is 13.6 Å². The number of aryl methyl sites for hydroxylation is 1. The molecular formula is C14H25N2O3PS. The van der Waals surface area contributed by atoms with Crippen LogP contribution in [-0.2, 0) is 20.9 Å². The molecule has 21 heavy (non-hydrogen) atoms. The molecule has 0 radical (unpaired) electrons. The lowest BCUT2D eigenvalue weighted by molar-refractivity contribution is 0.0945. The maximum absolute atomic E-state index is 5.83. The van der Waals surface area contributed by atoms with Gasteiger partial charge in [-0.25, -0.2) is 4.98 Å². The standard InChI is InChI=1S/C14H25N2O3PS/c1-8-17-20(21,19-14(5,6)7)18-12-9-11(4)15-13(16-12)10(2)3/h9-10H,8H2,1-7H3. The van der Waals surface area contributed by atoms with Crippen LogP contribution in [0, 0.1) is 6.92 Å². The van der Waals surface area contributed by atoms with Crippen LogP contribution in [0.2, 0.25) is 0 Å². The molecule has 0 aliphatic rings. The van der Waals surface area contributed by atoms with Crippen LogP contribution in [0.3, 0.4) is 0 Å². The second-order valence-electron chi connectivity index (χ2n) is 6.02. The molecule has 0 bridgehead atoms. The zero-order chi connectivity index (χ0) is 16.3. The lowest BCUT2D eigenvalue weighted by Gasteiger charge is -2.28. The third-order valence-electron chi connectivity index (χ3n) is 2.24. The van der Waals surface area contributed by atoms with Crippen LogP contribution < -0.4 is 4.52 Å². The number of aromatic nitrogens is 2. The first-order valence-corrected chi connectivity index (χ1v) is 9.61. The van der Waals surface area contributed by atoms with E-state index in [4.69, 9.17) is 25.4 Å². The Kier molecular flexibility index (Phi) is 6.29. The first-order valence-electron chi connectivity index (χ1n) is 7.05. The van der Waals surface area contributed by atoms with Gasteiger partial charge >= 0.3 is 6.72 Å². The Morgan fingerprint density at radius 2 is 1.90 bits per heavy atom. The Bertz CT molecular complexity index is 529. The van der Waals surface area contributed by atoms with E-state index in [0.717, 1.165) is 11.5 Å². The monoisotopic (exact) mass is 332 g/mol. The predicted molar refractivity (Wildman–Crippen MR) is 88.2 cm³/mol. The number of hydrogen-bond acceptors (Lipinski definition) is 6. The Hall–Kier alpha value is -0.550. The fourth-order valence-corrected chi connectivity index (χ4v) is 4.21. The molecule has 0 fully saturated rings. The Balaban J connectivity index is 3.07. The molecule has 1 unspecified atom stereocenters. The van der Waals surface area contributed by atoms with Crippen molar-refractivity contribution in [2.45, 2.75) is 60.0 Å². The zero-order valence-corrected chi connectivity index (χ0v) is 15.5. The van der Waals surface area contributed by atoms with E-state index >= 15 is 0 Å². The lowest BCUT2D eigenvalue weighted by Crippen LogP contribution is -2.20. The van der Waals surface area contributed by atoms with Crippen molar-refractivity contribution in [2.24, 2.45) is 0 Å². The van der Waals surface area contributed by atoms with E-state index in [0.29, 0.717) is 12.5 Å². The fraction of sp³-hybridized carbons (Fsp3) is 0.714. The zero-order valence-electron chi connectivity index (χ0n) is 13.8. The molecule has 1 aromatic rings. The summed E-state index contributed by atoms with van der Waals surface area (Å²) in [6.07, 6.45) is 0. The molecule has 0 N–H and O–H groups in total. The number of rotatable bonds is 6. The maximum atomic E-state index is 5.83. The summed E-state index contributed by atoms with van der Waals surface area (Å²) in [5.74, 6) is 1.34. The largest absolute Gasteiger partial charge is 0.406 e. The molecule has 1 atom stereocenters. The highest BCUT2D eigenvalue weighted by Crippen LogP contribution is 2.52. The Morgan fingerprint density at radius 3 is 2.38 bits per heavy atom. The third-order valence-corrected chi connectivity index (χ3v) is 4.76. The van der Waals surface area contributed by atoms with E-state index in [9.17, 15) is 0 Å². The van der Waals surface area contributed by atoms with Gasteiger partial charge in [0.2, 0.25) is 5.88 Å². The molecule has 0 aromatic carbocycles. The fourth-order valence-electron chi connectivity index (χ4n) is 1.55. The second kappa shape index (κ2) is 7.14. The van der Waals surface area contributed by atoms with Crippen molar-refractivity contribution in [3.05, 3.63) is 17.6 Å². The van der Waals surface area contributed by atoms with Crippen LogP contribution in [0.4, 0.5) is 0 Å². The molecular weight excluding hydrogens is 307 g/mol. The maximum Gasteiger partial charge on any atom is 0.382 e. The molecule has 7 heteroatoms. The van der Waals surface area contributed by atoms with Gasteiger partial charge in [0.1, 0.15) is 5.82 Å². The van der Waals surface area contributed by atoms with E-state index < -0.39 is 12.3 Å². The highest BCUT2D eigenvalue weighted by molar-refractivity contribution is 8.07. The minimum Gasteiger partial charge on any atom is -0.406 e. The van der Waals surface area contributed by atoms with Crippen LogP contribution in [0.5, 0.6) is 5.88 Å². The summed E-state index contributed by atoms with van der Waals surface area (Å²) in [6.45, 7) is 11.1. The van der Waals surface area contributed by atoms with E-state index in [2.05, 4.69) is 9.97 Å². The lowest BCUT2D eigenvalue weighted by atomic mass is 10.2. The molecule has 0 spiro atoms. The van der Waals surface area contributed by atoms with E-state index in [1.54, 1.807) is 6.07 Å². The average Bonchev–Trinajstić information content (AvgIpc) is 2.24. The SMILES string of the molecule is CCOP(=S)(Oc1cc(C)nc(C(C)C)n1)OC(C)(C)C. The number of hydrogen-bond donors (Lipinski definition) is 0. The molecule has 0 saturated carbocycles. The molecule has 0 saturated heterocycles. The summed E-state index contributed by atoms with van der Waals surface area (Å²) >= 11 is 5.47. The molecule has 1 heterocycles. The Labute approximate surface area is 132 Å². The van der Waals surface area contributed by atoms with Crippen LogP contribution >= 0.6 is 6.72 Å². The van der Waals surface area contributed by atoms with Crippen molar-refractivity contribution in [1.29, 1.82) is 0 Å². The average molecular weight is 332 g/mol. The molecule has 1 aromatic heterocycles. The summed E-state index contributed by atoms with van der Waals surface area (Å²) in [6, 6.07) is 1.75. The molecule has 0 aliphatic heterocycles. The van der Waals surface area contributed by atoms with E-state index in [-0.39, 0.29) is 5.92 Å². The van der Waals surface area contributed by atoms with E-state index in [1.807, 2.05) is 48.5 Å². The van der Waals surface area contributed by atoms with Crippen LogP contribution in [-0.4, -0.2) is 22.2 Å². The third kappa shape index (κ3) is 6.39. The van der Waals surface area contributed by atoms with Crippen LogP contribution in [0.15, 0.2) is 6.07 Å². The van der Waals surface area contributed by atoms with Crippen LogP contribution in [0.1, 0.15) is 59.0 Å². The highest BCUT2D eigenvalue weighted by atomic mass is 32.5. The van der Waals surface area contributed by atoms with Crippen molar-refractivity contribution in [3.63, 3.8) is 0 Å². The second-order valence-corrected chi connectivity index (χ2v) is 8.88. The minimum atomic E-state index is -2.89. The summed E-state index contributed by atoms with van der Waals surface area (Å²) in [7, 11) is 0. The quantitative estimate of drug-likeness (QED) is 0.721. The first-order chi connectivity index (χ1) is 9.54. The molecule has 1 rings (SSSR count). The smallest absolute Gasteiger partial charge is 0.382 e. The summed E-state index contributed by atoms with van der Waals surface area (Å²) in [5.41, 5.74) is 0.380. The van der Waals surface area contributed by atoms with Gasteiger partial charge in [0, 0.05) is 29.5 Å². The topological polar surface area (TPSA) is 53.5 Å². The van der Waals surface area contributed by atoms with Gasteiger partial charge in [-0.1, -0.05) is 13.8 Å². The normalized spacial score (nSPS) is 15.0. The number of nitrogens with zero attached hydrogens (tertiary/aromatic N) is 2. The van der Waals surface area contributed by atoms with Gasteiger partial charge in [0.25, 0.3) is 0 Å². The van der Waals surface area contributed by atoms with Gasteiger partial charge in [-0.05, 0) is 34.6 Å². The van der Waals surface area contributed by atoms with Crippen molar-refractivity contribution in [2.75, 3.05) is 6.61 Å². The van der Waals surface area contributed by atoms with Gasteiger partial charge in [0.05, 0.1) is 12.2 Å². The van der Waals surface area contributed by atoms with Crippen molar-refractivity contribution >= 4 is 18.5 Å². The predicted octanol–water partition coefficient (Wildman–Crippen LogP) is 4.36. The van der Waals surface area contributed by atoms with Crippen LogP contribution in [0.25, 0.3) is 0 Å². The summed E-state index contributed by atoms with van der Waals surface area (Å²) in [5, 5.41) is 0. The molecule has 0 aliphatic carbocycles. The first kappa shape index (κ1) is 18.5. The van der Waals surface area contributed by atoms with Gasteiger partial charge in [-0.15, -0.1) is 0 Å².